The zero-order valence-corrected chi connectivity index (χ0v) is 14.1. The number of hydrogen-bond donors (Lipinski definition) is 3. The van der Waals surface area contributed by atoms with E-state index in [0.717, 1.165) is 24.9 Å². The molecule has 2 unspecified atom stereocenters. The van der Waals surface area contributed by atoms with Crippen molar-refractivity contribution in [2.75, 3.05) is 13.1 Å². The van der Waals surface area contributed by atoms with E-state index in [2.05, 4.69) is 12.2 Å². The van der Waals surface area contributed by atoms with Crippen molar-refractivity contribution in [3.63, 3.8) is 0 Å². The Morgan fingerprint density at radius 2 is 1.96 bits per heavy atom. The molecule has 7 heteroatoms. The molecular formula is C16H25ClN4O2. The predicted molar refractivity (Wildman–Crippen MR) is 92.4 cm³/mol. The lowest BCUT2D eigenvalue weighted by atomic mass is 9.92. The Bertz CT molecular complexity index is 535. The Morgan fingerprint density at radius 3 is 2.52 bits per heavy atom. The van der Waals surface area contributed by atoms with Crippen LogP contribution in [0.5, 0.6) is 0 Å². The van der Waals surface area contributed by atoms with Crippen molar-refractivity contribution in [1.82, 2.24) is 10.2 Å². The highest BCUT2D eigenvalue weighted by Crippen LogP contribution is 2.23. The van der Waals surface area contributed by atoms with Crippen LogP contribution in [0.25, 0.3) is 0 Å². The van der Waals surface area contributed by atoms with Crippen molar-refractivity contribution in [2.45, 2.75) is 32.4 Å². The third-order valence-electron chi connectivity index (χ3n) is 4.18. The number of carbonyl (C=O) groups is 2. The van der Waals surface area contributed by atoms with E-state index in [1.807, 2.05) is 17.0 Å². The maximum atomic E-state index is 12.6. The van der Waals surface area contributed by atoms with Crippen LogP contribution in [0.1, 0.15) is 35.7 Å². The summed E-state index contributed by atoms with van der Waals surface area (Å²) in [6.45, 7) is 3.81. The van der Waals surface area contributed by atoms with Gasteiger partial charge in [0.25, 0.3) is 5.91 Å². The van der Waals surface area contributed by atoms with E-state index in [1.54, 1.807) is 12.1 Å². The first-order valence-electron chi connectivity index (χ1n) is 7.64. The summed E-state index contributed by atoms with van der Waals surface area (Å²) in [6, 6.07) is 6.78. The van der Waals surface area contributed by atoms with Crippen LogP contribution in [0.2, 0.25) is 0 Å². The maximum Gasteiger partial charge on any atom is 0.312 e. The third kappa shape index (κ3) is 5.11. The molecule has 6 nitrogen and oxygen atoms in total. The van der Waals surface area contributed by atoms with E-state index in [-0.39, 0.29) is 24.4 Å². The number of piperidine rings is 1. The number of urea groups is 1. The number of likely N-dealkylation sites (tertiary alicyclic amines) is 1. The van der Waals surface area contributed by atoms with Gasteiger partial charge in [-0.3, -0.25) is 4.79 Å². The van der Waals surface area contributed by atoms with Crippen LogP contribution in [0.3, 0.4) is 0 Å². The fourth-order valence-electron chi connectivity index (χ4n) is 2.86. The average Bonchev–Trinajstić information content (AvgIpc) is 2.52. The number of amides is 3. The van der Waals surface area contributed by atoms with Gasteiger partial charge in [-0.25, -0.2) is 4.79 Å². The average molecular weight is 341 g/mol. The molecule has 1 aliphatic heterocycles. The zero-order chi connectivity index (χ0) is 16.1. The highest BCUT2D eigenvalue weighted by molar-refractivity contribution is 5.94. The molecule has 1 saturated heterocycles. The van der Waals surface area contributed by atoms with Crippen LogP contribution in [0.15, 0.2) is 24.3 Å². The van der Waals surface area contributed by atoms with Gasteiger partial charge in [-0.05, 0) is 36.5 Å². The number of primary amides is 1. The summed E-state index contributed by atoms with van der Waals surface area (Å²) in [5.41, 5.74) is 12.4. The molecule has 0 bridgehead atoms. The molecule has 5 N–H and O–H groups in total. The number of nitrogens with zero attached hydrogens (tertiary/aromatic N) is 1. The lowest BCUT2D eigenvalue weighted by molar-refractivity contribution is 0.0573. The molecule has 0 spiro atoms. The second kappa shape index (κ2) is 8.74. The normalized spacial score (nSPS) is 20.5. The van der Waals surface area contributed by atoms with Crippen LogP contribution in [0.4, 0.5) is 4.79 Å². The third-order valence-corrected chi connectivity index (χ3v) is 4.18. The summed E-state index contributed by atoms with van der Waals surface area (Å²) in [7, 11) is 0. The fourth-order valence-corrected chi connectivity index (χ4v) is 2.86. The molecule has 1 aliphatic rings. The fraction of sp³-hybridized carbons (Fsp3) is 0.500. The van der Waals surface area contributed by atoms with Crippen molar-refractivity contribution in [3.8, 4) is 0 Å². The smallest absolute Gasteiger partial charge is 0.312 e. The van der Waals surface area contributed by atoms with Crippen molar-refractivity contribution in [2.24, 2.45) is 17.4 Å². The number of nitrogens with two attached hydrogens (primary N) is 2. The number of nitrogens with one attached hydrogen (secondary N) is 1. The molecule has 3 amide bonds. The van der Waals surface area contributed by atoms with Gasteiger partial charge in [-0.15, -0.1) is 12.4 Å². The minimum atomic E-state index is -0.562. The quantitative estimate of drug-likeness (QED) is 0.773. The van der Waals surface area contributed by atoms with Gasteiger partial charge < -0.3 is 21.7 Å². The molecule has 1 aromatic rings. The molecule has 0 saturated carbocycles. The SMILES string of the molecule is CC1CCN(C(=O)c2ccc(CNC(N)=O)cc2)C(CN)C1.Cl. The van der Waals surface area contributed by atoms with Crippen molar-refractivity contribution in [1.29, 1.82) is 0 Å². The maximum absolute atomic E-state index is 12.6. The molecule has 2 atom stereocenters. The second-order valence-electron chi connectivity index (χ2n) is 5.93. The molecule has 0 radical (unpaired) electrons. The summed E-state index contributed by atoms with van der Waals surface area (Å²) < 4.78 is 0. The van der Waals surface area contributed by atoms with Crippen molar-refractivity contribution >= 4 is 24.3 Å². The first-order valence-corrected chi connectivity index (χ1v) is 7.64. The summed E-state index contributed by atoms with van der Waals surface area (Å²) >= 11 is 0. The number of carbonyl (C=O) groups excluding carboxylic acids is 2. The minimum Gasteiger partial charge on any atom is -0.352 e. The van der Waals surface area contributed by atoms with Gasteiger partial charge in [0.1, 0.15) is 0 Å². The first-order chi connectivity index (χ1) is 10.5. The molecule has 2 rings (SSSR count). The molecule has 1 fully saturated rings. The molecule has 128 valence electrons. The highest BCUT2D eigenvalue weighted by atomic mass is 35.5. The van der Waals surface area contributed by atoms with Gasteiger partial charge in [-0.1, -0.05) is 19.1 Å². The monoisotopic (exact) mass is 340 g/mol. The first kappa shape index (κ1) is 19.3. The molecule has 0 aromatic heterocycles. The van der Waals surface area contributed by atoms with E-state index in [0.29, 0.717) is 24.6 Å². The lowest BCUT2D eigenvalue weighted by Gasteiger charge is -2.38. The van der Waals surface area contributed by atoms with E-state index < -0.39 is 6.03 Å². The molecule has 1 heterocycles. The Kier molecular flexibility index (Phi) is 7.32. The van der Waals surface area contributed by atoms with Crippen molar-refractivity contribution < 1.29 is 9.59 Å². The Hall–Kier alpha value is -1.79. The number of hydrogen-bond acceptors (Lipinski definition) is 3. The minimum absolute atomic E-state index is 0. The van der Waals surface area contributed by atoms with Gasteiger partial charge in [0.2, 0.25) is 0 Å². The van der Waals surface area contributed by atoms with Gasteiger partial charge in [0.15, 0.2) is 0 Å². The zero-order valence-electron chi connectivity index (χ0n) is 13.3. The topological polar surface area (TPSA) is 101 Å². The number of rotatable bonds is 4. The van der Waals surface area contributed by atoms with Gasteiger partial charge >= 0.3 is 6.03 Å². The van der Waals surface area contributed by atoms with E-state index in [4.69, 9.17) is 11.5 Å². The standard InChI is InChI=1S/C16H24N4O2.ClH/c1-11-6-7-20(14(8-11)9-17)15(21)13-4-2-12(3-5-13)10-19-16(18)22;/h2-5,11,14H,6-10,17H2,1H3,(H3,18,19,22);1H. The van der Waals surface area contributed by atoms with Gasteiger partial charge in [-0.2, -0.15) is 0 Å². The molecule has 1 aromatic carbocycles. The molecule has 0 aliphatic carbocycles. The van der Waals surface area contributed by atoms with Crippen LogP contribution in [-0.2, 0) is 6.54 Å². The predicted octanol–water partition coefficient (Wildman–Crippen LogP) is 1.48. The Morgan fingerprint density at radius 1 is 1.30 bits per heavy atom. The second-order valence-corrected chi connectivity index (χ2v) is 5.93. The molecular weight excluding hydrogens is 316 g/mol. The van der Waals surface area contributed by atoms with Crippen LogP contribution in [-0.4, -0.2) is 36.0 Å². The summed E-state index contributed by atoms with van der Waals surface area (Å²) in [4.78, 5) is 25.2. The van der Waals surface area contributed by atoms with Gasteiger partial charge in [0.05, 0.1) is 0 Å². The van der Waals surface area contributed by atoms with E-state index >= 15 is 0 Å². The molecule has 23 heavy (non-hydrogen) atoms. The number of halogens is 1. The Balaban J connectivity index is 0.00000264. The van der Waals surface area contributed by atoms with Gasteiger partial charge in [0, 0.05) is 31.2 Å². The van der Waals surface area contributed by atoms with E-state index in [1.165, 1.54) is 0 Å². The van der Waals surface area contributed by atoms with Crippen LogP contribution < -0.4 is 16.8 Å². The van der Waals surface area contributed by atoms with E-state index in [9.17, 15) is 9.59 Å². The summed E-state index contributed by atoms with van der Waals surface area (Å²) in [5.74, 6) is 0.636. The number of benzene rings is 1. The van der Waals surface area contributed by atoms with Crippen LogP contribution >= 0.6 is 12.4 Å². The lowest BCUT2D eigenvalue weighted by Crippen LogP contribution is -2.49. The summed E-state index contributed by atoms with van der Waals surface area (Å²) in [6.07, 6.45) is 1.98. The highest BCUT2D eigenvalue weighted by Gasteiger charge is 2.29. The van der Waals surface area contributed by atoms with Crippen LogP contribution in [0, 0.1) is 5.92 Å². The van der Waals surface area contributed by atoms with Crippen molar-refractivity contribution in [3.05, 3.63) is 35.4 Å². The summed E-state index contributed by atoms with van der Waals surface area (Å²) in [5, 5.41) is 2.52. The largest absolute Gasteiger partial charge is 0.352 e. The Labute approximate surface area is 143 Å².